The lowest BCUT2D eigenvalue weighted by Crippen LogP contribution is -2.53. The molecule has 0 N–H and O–H groups in total. The number of rotatable bonds is 4. The summed E-state index contributed by atoms with van der Waals surface area (Å²) in [4.78, 5) is 28.8. The van der Waals surface area contributed by atoms with E-state index < -0.39 is 9.84 Å². The Balaban J connectivity index is 1.38. The van der Waals surface area contributed by atoms with E-state index in [2.05, 4.69) is 10.00 Å². The Morgan fingerprint density at radius 1 is 1.03 bits per heavy atom. The molecule has 1 aromatic heterocycles. The molecule has 0 saturated carbocycles. The molecule has 0 bridgehead atoms. The van der Waals surface area contributed by atoms with Crippen molar-refractivity contribution in [3.63, 3.8) is 0 Å². The zero-order chi connectivity index (χ0) is 20.4. The Hall–Kier alpha value is -2.52. The summed E-state index contributed by atoms with van der Waals surface area (Å²) < 4.78 is 24.6. The highest BCUT2D eigenvalue weighted by Gasteiger charge is 2.34. The number of sulfone groups is 1. The van der Waals surface area contributed by atoms with Crippen molar-refractivity contribution in [2.24, 2.45) is 0 Å². The van der Waals surface area contributed by atoms with Crippen LogP contribution in [0.1, 0.15) is 6.42 Å². The first-order chi connectivity index (χ1) is 13.9. The summed E-state index contributed by atoms with van der Waals surface area (Å²) >= 11 is 0. The van der Waals surface area contributed by atoms with Crippen LogP contribution in [-0.4, -0.2) is 77.6 Å². The van der Waals surface area contributed by atoms with Crippen LogP contribution < -0.4 is 5.56 Å². The van der Waals surface area contributed by atoms with Crippen LogP contribution in [0.3, 0.4) is 0 Å². The quantitative estimate of drug-likeness (QED) is 0.709. The minimum atomic E-state index is -2.92. The van der Waals surface area contributed by atoms with Gasteiger partial charge in [-0.2, -0.15) is 5.10 Å². The van der Waals surface area contributed by atoms with Gasteiger partial charge in [-0.25, -0.2) is 13.1 Å². The van der Waals surface area contributed by atoms with E-state index in [-0.39, 0.29) is 35.6 Å². The number of amides is 1. The Morgan fingerprint density at radius 3 is 2.41 bits per heavy atom. The predicted molar refractivity (Wildman–Crippen MR) is 109 cm³/mol. The maximum atomic E-state index is 12.7. The summed E-state index contributed by atoms with van der Waals surface area (Å²) in [7, 11) is -2.92. The van der Waals surface area contributed by atoms with Crippen molar-refractivity contribution in [2.75, 3.05) is 37.7 Å². The Kier molecular flexibility index (Phi) is 5.51. The second-order valence-corrected chi connectivity index (χ2v) is 9.78. The molecular formula is C20H24N4O4S. The zero-order valence-corrected chi connectivity index (χ0v) is 16.9. The highest BCUT2D eigenvalue weighted by atomic mass is 32.2. The van der Waals surface area contributed by atoms with Crippen molar-refractivity contribution in [1.29, 1.82) is 0 Å². The topological polar surface area (TPSA) is 92.6 Å². The maximum absolute atomic E-state index is 12.7. The first kappa shape index (κ1) is 19.8. The highest BCUT2D eigenvalue weighted by Crippen LogP contribution is 2.19. The molecule has 1 amide bonds. The molecule has 8 nitrogen and oxygen atoms in total. The van der Waals surface area contributed by atoms with Crippen molar-refractivity contribution in [3.8, 4) is 11.3 Å². The third kappa shape index (κ3) is 4.56. The number of carbonyl (C=O) groups is 1. The molecule has 2 aromatic rings. The summed E-state index contributed by atoms with van der Waals surface area (Å²) in [5.74, 6) is 0.318. The van der Waals surface area contributed by atoms with Gasteiger partial charge in [0.05, 0.1) is 17.2 Å². The van der Waals surface area contributed by atoms with Gasteiger partial charge in [-0.05, 0) is 12.5 Å². The molecule has 0 radical (unpaired) electrons. The van der Waals surface area contributed by atoms with Crippen LogP contribution in [0.15, 0.2) is 47.3 Å². The number of nitrogens with zero attached hydrogens (tertiary/aromatic N) is 4. The molecule has 0 spiro atoms. The van der Waals surface area contributed by atoms with Gasteiger partial charge in [0.25, 0.3) is 5.56 Å². The highest BCUT2D eigenvalue weighted by molar-refractivity contribution is 7.91. The van der Waals surface area contributed by atoms with Crippen LogP contribution in [-0.2, 0) is 21.2 Å². The van der Waals surface area contributed by atoms with Crippen molar-refractivity contribution in [2.45, 2.75) is 19.0 Å². The molecule has 0 aliphatic carbocycles. The number of hydrogen-bond donors (Lipinski definition) is 0. The summed E-state index contributed by atoms with van der Waals surface area (Å²) in [5, 5.41) is 4.35. The molecule has 29 heavy (non-hydrogen) atoms. The van der Waals surface area contributed by atoms with Crippen molar-refractivity contribution in [3.05, 3.63) is 52.8 Å². The van der Waals surface area contributed by atoms with Gasteiger partial charge in [-0.15, -0.1) is 0 Å². The van der Waals surface area contributed by atoms with E-state index in [9.17, 15) is 18.0 Å². The van der Waals surface area contributed by atoms with Gasteiger partial charge in [0.1, 0.15) is 6.54 Å². The largest absolute Gasteiger partial charge is 0.339 e. The van der Waals surface area contributed by atoms with Gasteiger partial charge in [-0.3, -0.25) is 14.5 Å². The normalized spacial score (nSPS) is 21.9. The summed E-state index contributed by atoms with van der Waals surface area (Å²) in [5.41, 5.74) is 1.21. The number of aromatic nitrogens is 2. The molecule has 2 aliphatic rings. The van der Waals surface area contributed by atoms with E-state index in [1.807, 2.05) is 30.3 Å². The maximum Gasteiger partial charge on any atom is 0.267 e. The van der Waals surface area contributed by atoms with Crippen LogP contribution in [0.25, 0.3) is 11.3 Å². The SMILES string of the molecule is O=C(Cn1nc(-c2ccccc2)ccc1=O)N1CCN([C@H]2CCS(=O)(=O)C2)CC1. The van der Waals surface area contributed by atoms with Crippen molar-refractivity contribution < 1.29 is 13.2 Å². The molecule has 3 heterocycles. The lowest BCUT2D eigenvalue weighted by molar-refractivity contribution is -0.134. The fourth-order valence-corrected chi connectivity index (χ4v) is 5.71. The first-order valence-corrected chi connectivity index (χ1v) is 11.6. The summed E-state index contributed by atoms with van der Waals surface area (Å²) in [6, 6.07) is 12.7. The molecule has 1 aromatic carbocycles. The monoisotopic (exact) mass is 416 g/mol. The molecule has 2 fully saturated rings. The fourth-order valence-electron chi connectivity index (χ4n) is 3.95. The number of hydrogen-bond acceptors (Lipinski definition) is 6. The number of carbonyl (C=O) groups excluding carboxylic acids is 1. The van der Waals surface area contributed by atoms with Gasteiger partial charge in [0.2, 0.25) is 5.91 Å². The van der Waals surface area contributed by atoms with Crippen LogP contribution >= 0.6 is 0 Å². The minimum Gasteiger partial charge on any atom is -0.339 e. The summed E-state index contributed by atoms with van der Waals surface area (Å²) in [6.45, 7) is 2.26. The lowest BCUT2D eigenvalue weighted by atomic mass is 10.1. The van der Waals surface area contributed by atoms with Gasteiger partial charge >= 0.3 is 0 Å². The average molecular weight is 417 g/mol. The first-order valence-electron chi connectivity index (χ1n) is 9.77. The van der Waals surface area contributed by atoms with Crippen LogP contribution in [0, 0.1) is 0 Å². The van der Waals surface area contributed by atoms with Crippen LogP contribution in [0.4, 0.5) is 0 Å². The smallest absolute Gasteiger partial charge is 0.267 e. The van der Waals surface area contributed by atoms with Crippen LogP contribution in [0.5, 0.6) is 0 Å². The summed E-state index contributed by atoms with van der Waals surface area (Å²) in [6.07, 6.45) is 0.669. The number of benzene rings is 1. The molecule has 9 heteroatoms. The van der Waals surface area contributed by atoms with Crippen molar-refractivity contribution >= 4 is 15.7 Å². The third-order valence-electron chi connectivity index (χ3n) is 5.61. The Morgan fingerprint density at radius 2 is 1.76 bits per heavy atom. The van der Waals surface area contributed by atoms with Gasteiger partial charge in [-0.1, -0.05) is 30.3 Å². The molecule has 154 valence electrons. The fraction of sp³-hybridized carbons (Fsp3) is 0.450. The lowest BCUT2D eigenvalue weighted by Gasteiger charge is -2.37. The Bertz CT molecular complexity index is 1040. The predicted octanol–water partition coefficient (Wildman–Crippen LogP) is 0.242. The number of piperazine rings is 1. The molecule has 1 atom stereocenters. The average Bonchev–Trinajstić information content (AvgIpc) is 3.10. The van der Waals surface area contributed by atoms with E-state index in [1.54, 1.807) is 11.0 Å². The van der Waals surface area contributed by atoms with Gasteiger partial charge in [0.15, 0.2) is 9.84 Å². The van der Waals surface area contributed by atoms with E-state index in [4.69, 9.17) is 0 Å². The zero-order valence-electron chi connectivity index (χ0n) is 16.1. The van der Waals surface area contributed by atoms with E-state index >= 15 is 0 Å². The third-order valence-corrected chi connectivity index (χ3v) is 7.36. The van der Waals surface area contributed by atoms with E-state index in [1.165, 1.54) is 10.7 Å². The standard InChI is InChI=1S/C20H24N4O4S/c25-19-7-6-18(16-4-2-1-3-5-16)21-24(19)14-20(26)23-11-9-22(10-12-23)17-8-13-29(27,28)15-17/h1-7,17H,8-15H2/t17-/m0/s1. The van der Waals surface area contributed by atoms with Crippen molar-refractivity contribution in [1.82, 2.24) is 19.6 Å². The van der Waals surface area contributed by atoms with Gasteiger partial charge in [0, 0.05) is 43.9 Å². The van der Waals surface area contributed by atoms with Gasteiger partial charge < -0.3 is 4.90 Å². The van der Waals surface area contributed by atoms with E-state index in [0.717, 1.165) is 5.56 Å². The second-order valence-electron chi connectivity index (χ2n) is 7.55. The molecule has 2 saturated heterocycles. The molecule has 4 rings (SSSR count). The molecule has 0 unspecified atom stereocenters. The van der Waals surface area contributed by atoms with Crippen LogP contribution in [0.2, 0.25) is 0 Å². The second kappa shape index (κ2) is 8.08. The molecule has 2 aliphatic heterocycles. The minimum absolute atomic E-state index is 0.0593. The Labute approximate surface area is 169 Å². The van der Waals surface area contributed by atoms with E-state index in [0.29, 0.717) is 38.3 Å². The molecular weight excluding hydrogens is 392 g/mol.